The smallest absolute Gasteiger partial charge is 0.281 e. The molecule has 1 saturated heterocycles. The van der Waals surface area contributed by atoms with E-state index in [2.05, 4.69) is 10.00 Å². The second-order valence-corrected chi connectivity index (χ2v) is 7.98. The molecule has 8 nitrogen and oxygen atoms in total. The fourth-order valence-corrected chi connectivity index (χ4v) is 4.42. The Balaban J connectivity index is 1.64. The van der Waals surface area contributed by atoms with E-state index in [1.807, 2.05) is 36.3 Å². The second kappa shape index (κ2) is 7.38. The van der Waals surface area contributed by atoms with Crippen LogP contribution < -0.4 is 10.5 Å². The molecule has 3 aromatic rings. The molecule has 0 unspecified atom stereocenters. The number of piperazine rings is 1. The van der Waals surface area contributed by atoms with Crippen LogP contribution in [0.4, 0.5) is 5.95 Å². The Labute approximate surface area is 167 Å². The fourth-order valence-electron chi connectivity index (χ4n) is 3.73. The molecule has 1 aliphatic heterocycles. The second-order valence-electron chi connectivity index (χ2n) is 7.03. The Bertz CT molecular complexity index is 1060. The molecule has 0 spiro atoms. The fraction of sp³-hybridized carbons (Fsp3) is 0.474. The number of carbonyl (C=O) groups excluding carboxylic acids is 1. The van der Waals surface area contributed by atoms with Gasteiger partial charge in [0.05, 0.1) is 10.6 Å². The standard InChI is InChI=1S/C19H24N6O2S/c1-4-7-25-18(27)16-15(13(2)21-22(16)3)20-19(25)24-10-8-23(9-11-24)17(26)14-6-5-12-28-14/h5-6,12H,4,7-11H2,1-3H3. The largest absolute Gasteiger partial charge is 0.339 e. The van der Waals surface area contributed by atoms with Gasteiger partial charge >= 0.3 is 0 Å². The molecule has 0 saturated carbocycles. The summed E-state index contributed by atoms with van der Waals surface area (Å²) in [7, 11) is 1.78. The number of hydrogen-bond acceptors (Lipinski definition) is 6. The molecule has 148 valence electrons. The highest BCUT2D eigenvalue weighted by Crippen LogP contribution is 2.20. The highest BCUT2D eigenvalue weighted by atomic mass is 32.1. The average Bonchev–Trinajstić information content (AvgIpc) is 3.32. The lowest BCUT2D eigenvalue weighted by atomic mass is 10.3. The molecule has 0 aromatic carbocycles. The van der Waals surface area contributed by atoms with Crippen molar-refractivity contribution in [3.8, 4) is 0 Å². The summed E-state index contributed by atoms with van der Waals surface area (Å²) in [5.74, 6) is 0.755. The van der Waals surface area contributed by atoms with Crippen molar-refractivity contribution < 1.29 is 4.79 Å². The predicted molar refractivity (Wildman–Crippen MR) is 110 cm³/mol. The third-order valence-corrected chi connectivity index (χ3v) is 5.98. The van der Waals surface area contributed by atoms with E-state index < -0.39 is 0 Å². The highest BCUT2D eigenvalue weighted by Gasteiger charge is 2.26. The topological polar surface area (TPSA) is 76.3 Å². The summed E-state index contributed by atoms with van der Waals surface area (Å²) in [4.78, 5) is 35.3. The third-order valence-electron chi connectivity index (χ3n) is 5.12. The number of nitrogens with zero attached hydrogens (tertiary/aromatic N) is 6. The Morgan fingerprint density at radius 1 is 1.25 bits per heavy atom. The van der Waals surface area contributed by atoms with Crippen molar-refractivity contribution in [2.45, 2.75) is 26.8 Å². The summed E-state index contributed by atoms with van der Waals surface area (Å²) < 4.78 is 3.37. The minimum atomic E-state index is -0.0537. The van der Waals surface area contributed by atoms with Gasteiger partial charge in [0.2, 0.25) is 5.95 Å². The van der Waals surface area contributed by atoms with Crippen LogP contribution in [0.3, 0.4) is 0 Å². The SMILES string of the molecule is CCCn1c(N2CCN(C(=O)c3cccs3)CC2)nc2c(C)nn(C)c2c1=O. The van der Waals surface area contributed by atoms with Crippen molar-refractivity contribution in [1.82, 2.24) is 24.2 Å². The molecule has 0 atom stereocenters. The predicted octanol–water partition coefficient (Wildman–Crippen LogP) is 1.87. The van der Waals surface area contributed by atoms with E-state index in [4.69, 9.17) is 4.98 Å². The molecule has 1 fully saturated rings. The molecule has 0 aliphatic carbocycles. The molecule has 0 radical (unpaired) electrons. The molecule has 1 aliphatic rings. The number of hydrogen-bond donors (Lipinski definition) is 0. The number of aromatic nitrogens is 4. The van der Waals surface area contributed by atoms with E-state index in [0.717, 1.165) is 17.0 Å². The van der Waals surface area contributed by atoms with Crippen LogP contribution >= 0.6 is 11.3 Å². The summed E-state index contributed by atoms with van der Waals surface area (Å²) >= 11 is 1.47. The molecular weight excluding hydrogens is 376 g/mol. The van der Waals surface area contributed by atoms with Crippen LogP contribution in [-0.4, -0.2) is 56.3 Å². The molecule has 4 rings (SSSR count). The van der Waals surface area contributed by atoms with Crippen LogP contribution in [0, 0.1) is 6.92 Å². The first-order chi connectivity index (χ1) is 13.5. The van der Waals surface area contributed by atoms with Gasteiger partial charge in [0, 0.05) is 39.8 Å². The zero-order valence-electron chi connectivity index (χ0n) is 16.4. The summed E-state index contributed by atoms with van der Waals surface area (Å²) in [6, 6.07) is 3.76. The molecule has 4 heterocycles. The van der Waals surface area contributed by atoms with Gasteiger partial charge < -0.3 is 9.80 Å². The van der Waals surface area contributed by atoms with Gasteiger partial charge in [-0.15, -0.1) is 11.3 Å². The zero-order chi connectivity index (χ0) is 19.8. The number of anilines is 1. The first-order valence-electron chi connectivity index (χ1n) is 9.53. The number of aryl methyl sites for hydroxylation is 2. The van der Waals surface area contributed by atoms with Gasteiger partial charge in [-0.1, -0.05) is 13.0 Å². The summed E-state index contributed by atoms with van der Waals surface area (Å²) in [6.07, 6.45) is 0.841. The van der Waals surface area contributed by atoms with Crippen LogP contribution in [0.25, 0.3) is 11.0 Å². The minimum Gasteiger partial charge on any atom is -0.339 e. The number of carbonyl (C=O) groups is 1. The quantitative estimate of drug-likeness (QED) is 0.668. The Hall–Kier alpha value is -2.68. The van der Waals surface area contributed by atoms with Gasteiger partial charge in [-0.2, -0.15) is 5.10 Å². The van der Waals surface area contributed by atoms with Crippen LogP contribution in [0.1, 0.15) is 28.7 Å². The number of thiophene rings is 1. The van der Waals surface area contributed by atoms with Crippen molar-refractivity contribution in [3.63, 3.8) is 0 Å². The maximum Gasteiger partial charge on any atom is 0.281 e. The highest BCUT2D eigenvalue weighted by molar-refractivity contribution is 7.12. The van der Waals surface area contributed by atoms with E-state index in [1.54, 1.807) is 16.3 Å². The number of rotatable bonds is 4. The van der Waals surface area contributed by atoms with Crippen LogP contribution in [0.15, 0.2) is 22.3 Å². The number of amides is 1. The van der Waals surface area contributed by atoms with Gasteiger partial charge in [-0.25, -0.2) is 4.98 Å². The van der Waals surface area contributed by atoms with Gasteiger partial charge in [-0.3, -0.25) is 18.8 Å². The number of fused-ring (bicyclic) bond motifs is 1. The minimum absolute atomic E-state index is 0.0537. The lowest BCUT2D eigenvalue weighted by Gasteiger charge is -2.36. The monoisotopic (exact) mass is 400 g/mol. The molecule has 0 N–H and O–H groups in total. The van der Waals surface area contributed by atoms with Crippen molar-refractivity contribution >= 4 is 34.2 Å². The van der Waals surface area contributed by atoms with Gasteiger partial charge in [0.1, 0.15) is 5.52 Å². The molecule has 1 amide bonds. The summed E-state index contributed by atoms with van der Waals surface area (Å²) in [5, 5.41) is 6.29. The van der Waals surface area contributed by atoms with Crippen molar-refractivity contribution in [3.05, 3.63) is 38.4 Å². The third kappa shape index (κ3) is 3.09. The van der Waals surface area contributed by atoms with Gasteiger partial charge in [0.25, 0.3) is 11.5 Å². The van der Waals surface area contributed by atoms with Gasteiger partial charge in [0.15, 0.2) is 5.52 Å². The van der Waals surface area contributed by atoms with E-state index in [-0.39, 0.29) is 11.5 Å². The van der Waals surface area contributed by atoms with Crippen LogP contribution in [-0.2, 0) is 13.6 Å². The zero-order valence-corrected chi connectivity index (χ0v) is 17.2. The molecule has 3 aromatic heterocycles. The average molecular weight is 401 g/mol. The lowest BCUT2D eigenvalue weighted by Crippen LogP contribution is -2.50. The molecular formula is C19H24N6O2S. The maximum absolute atomic E-state index is 13.1. The Morgan fingerprint density at radius 2 is 2.00 bits per heavy atom. The van der Waals surface area contributed by atoms with Crippen molar-refractivity contribution in [1.29, 1.82) is 0 Å². The maximum atomic E-state index is 13.1. The Morgan fingerprint density at radius 3 is 2.64 bits per heavy atom. The Kier molecular flexibility index (Phi) is 4.92. The molecule has 0 bridgehead atoms. The van der Waals surface area contributed by atoms with E-state index in [9.17, 15) is 9.59 Å². The van der Waals surface area contributed by atoms with E-state index in [1.165, 1.54) is 11.3 Å². The lowest BCUT2D eigenvalue weighted by molar-refractivity contribution is 0.0751. The van der Waals surface area contributed by atoms with Crippen LogP contribution in [0.2, 0.25) is 0 Å². The summed E-state index contributed by atoms with van der Waals surface area (Å²) in [6.45, 7) is 7.06. The normalized spacial score (nSPS) is 14.8. The van der Waals surface area contributed by atoms with Crippen molar-refractivity contribution in [2.75, 3.05) is 31.1 Å². The summed E-state index contributed by atoms with van der Waals surface area (Å²) in [5.41, 5.74) is 1.90. The van der Waals surface area contributed by atoms with E-state index >= 15 is 0 Å². The van der Waals surface area contributed by atoms with E-state index in [0.29, 0.717) is 49.7 Å². The first-order valence-corrected chi connectivity index (χ1v) is 10.4. The molecule has 9 heteroatoms. The van der Waals surface area contributed by atoms with Gasteiger partial charge in [-0.05, 0) is 24.8 Å². The molecule has 28 heavy (non-hydrogen) atoms. The van der Waals surface area contributed by atoms with Crippen molar-refractivity contribution in [2.24, 2.45) is 7.05 Å². The first kappa shape index (κ1) is 18.7. The van der Waals surface area contributed by atoms with Crippen LogP contribution in [0.5, 0.6) is 0 Å².